The highest BCUT2D eigenvalue weighted by Crippen LogP contribution is 2.27. The summed E-state index contributed by atoms with van der Waals surface area (Å²) in [6.07, 6.45) is 1.44. The third kappa shape index (κ3) is 5.83. The topological polar surface area (TPSA) is 86.2 Å². The third-order valence-electron chi connectivity index (χ3n) is 4.17. The van der Waals surface area contributed by atoms with Crippen molar-refractivity contribution in [2.75, 3.05) is 14.2 Å². The summed E-state index contributed by atoms with van der Waals surface area (Å²) in [6.45, 7) is 0. The molecule has 3 rings (SSSR count). The molecule has 3 aromatic rings. The third-order valence-corrected chi connectivity index (χ3v) is 4.43. The molecule has 1 N–H and O–H groups in total. The van der Waals surface area contributed by atoms with Crippen LogP contribution >= 0.6 is 11.6 Å². The Morgan fingerprint density at radius 3 is 2.32 bits per heavy atom. The maximum absolute atomic E-state index is 12.3. The van der Waals surface area contributed by atoms with Gasteiger partial charge in [0, 0.05) is 10.6 Å². The number of nitrogens with zero attached hydrogens (tertiary/aromatic N) is 1. The summed E-state index contributed by atoms with van der Waals surface area (Å²) in [5.41, 5.74) is 3.82. The number of hydrazone groups is 1. The predicted octanol–water partition coefficient (Wildman–Crippen LogP) is 4.34. The first-order valence-corrected chi connectivity index (χ1v) is 9.51. The minimum atomic E-state index is -0.507. The van der Waals surface area contributed by atoms with Gasteiger partial charge in [0.05, 0.1) is 26.0 Å². The fraction of sp³-hybridized carbons (Fsp3) is 0.0870. The lowest BCUT2D eigenvalue weighted by Gasteiger charge is -2.08. The second-order valence-corrected chi connectivity index (χ2v) is 6.67. The molecule has 0 heterocycles. The number of ether oxygens (including phenoxy) is 3. The Morgan fingerprint density at radius 2 is 1.61 bits per heavy atom. The van der Waals surface area contributed by atoms with Crippen LogP contribution in [0.2, 0.25) is 5.02 Å². The normalized spacial score (nSPS) is 10.5. The summed E-state index contributed by atoms with van der Waals surface area (Å²) in [7, 11) is 3.01. The van der Waals surface area contributed by atoms with Gasteiger partial charge in [-0.3, -0.25) is 4.79 Å². The van der Waals surface area contributed by atoms with Gasteiger partial charge in [0.15, 0.2) is 11.5 Å². The zero-order valence-corrected chi connectivity index (χ0v) is 17.6. The minimum Gasteiger partial charge on any atom is -0.493 e. The van der Waals surface area contributed by atoms with Crippen LogP contribution in [0.1, 0.15) is 26.3 Å². The van der Waals surface area contributed by atoms with Gasteiger partial charge in [-0.15, -0.1) is 0 Å². The summed E-state index contributed by atoms with van der Waals surface area (Å²) >= 11 is 5.83. The number of hydrogen-bond donors (Lipinski definition) is 1. The number of carbonyl (C=O) groups excluding carboxylic acids is 2. The standard InChI is InChI=1S/C23H19ClN2O5/c1-29-20-11-8-17(13-21(20)30-2)22(27)26-25-14-15-4-3-5-19(12-15)31-23(28)16-6-9-18(24)10-7-16/h3-14H,1-2H3,(H,26,27)/b25-14-. The van der Waals surface area contributed by atoms with Crippen molar-refractivity contribution >= 4 is 29.7 Å². The van der Waals surface area contributed by atoms with Gasteiger partial charge in [-0.25, -0.2) is 10.2 Å². The number of rotatable bonds is 7. The molecule has 0 fully saturated rings. The SMILES string of the molecule is COc1ccc(C(=O)N/N=C\c2cccc(OC(=O)c3ccc(Cl)cc3)c2)cc1OC. The molecule has 3 aromatic carbocycles. The van der Waals surface area contributed by atoms with Crippen LogP contribution in [0, 0.1) is 0 Å². The van der Waals surface area contributed by atoms with Crippen molar-refractivity contribution in [3.05, 3.63) is 88.4 Å². The van der Waals surface area contributed by atoms with Gasteiger partial charge >= 0.3 is 5.97 Å². The molecule has 0 radical (unpaired) electrons. The highest BCUT2D eigenvalue weighted by atomic mass is 35.5. The lowest BCUT2D eigenvalue weighted by molar-refractivity contribution is 0.0734. The van der Waals surface area contributed by atoms with E-state index in [1.165, 1.54) is 20.4 Å². The number of amides is 1. The zero-order valence-electron chi connectivity index (χ0n) is 16.8. The van der Waals surface area contributed by atoms with Crippen LogP contribution in [0.4, 0.5) is 0 Å². The predicted molar refractivity (Wildman–Crippen MR) is 117 cm³/mol. The molecule has 0 aliphatic heterocycles. The van der Waals surface area contributed by atoms with Gasteiger partial charge < -0.3 is 14.2 Å². The van der Waals surface area contributed by atoms with E-state index in [1.807, 2.05) is 0 Å². The van der Waals surface area contributed by atoms with Crippen molar-refractivity contribution < 1.29 is 23.8 Å². The van der Waals surface area contributed by atoms with Gasteiger partial charge in [-0.05, 0) is 60.2 Å². The molecule has 0 atom stereocenters. The lowest BCUT2D eigenvalue weighted by atomic mass is 10.2. The van der Waals surface area contributed by atoms with Gasteiger partial charge in [-0.2, -0.15) is 5.10 Å². The Balaban J connectivity index is 1.63. The lowest BCUT2D eigenvalue weighted by Crippen LogP contribution is -2.17. The molecule has 0 aromatic heterocycles. The Bertz CT molecular complexity index is 1110. The van der Waals surface area contributed by atoms with Crippen LogP contribution in [0.5, 0.6) is 17.2 Å². The molecular weight excluding hydrogens is 420 g/mol. The van der Waals surface area contributed by atoms with E-state index < -0.39 is 11.9 Å². The molecule has 0 bridgehead atoms. The first-order valence-electron chi connectivity index (χ1n) is 9.13. The molecule has 0 saturated carbocycles. The molecule has 0 aliphatic rings. The second kappa shape index (κ2) is 10.3. The van der Waals surface area contributed by atoms with E-state index in [9.17, 15) is 9.59 Å². The van der Waals surface area contributed by atoms with Crippen LogP contribution in [-0.4, -0.2) is 32.3 Å². The average Bonchev–Trinajstić information content (AvgIpc) is 2.79. The van der Waals surface area contributed by atoms with Gasteiger partial charge in [-0.1, -0.05) is 23.7 Å². The Hall–Kier alpha value is -3.84. The largest absolute Gasteiger partial charge is 0.493 e. The maximum atomic E-state index is 12.3. The van der Waals surface area contributed by atoms with Gasteiger partial charge in [0.2, 0.25) is 0 Å². The number of hydrogen-bond acceptors (Lipinski definition) is 6. The molecule has 0 saturated heterocycles. The van der Waals surface area contributed by atoms with Crippen LogP contribution in [0.15, 0.2) is 71.8 Å². The summed E-state index contributed by atoms with van der Waals surface area (Å²) in [5, 5.41) is 4.48. The van der Waals surface area contributed by atoms with Crippen molar-refractivity contribution in [2.24, 2.45) is 5.10 Å². The molecule has 1 amide bonds. The molecule has 0 unspecified atom stereocenters. The monoisotopic (exact) mass is 438 g/mol. The Kier molecular flexibility index (Phi) is 7.24. The highest BCUT2D eigenvalue weighted by molar-refractivity contribution is 6.30. The van der Waals surface area contributed by atoms with Crippen molar-refractivity contribution in [1.29, 1.82) is 0 Å². The summed E-state index contributed by atoms with van der Waals surface area (Å²) in [6, 6.07) is 17.9. The molecular formula is C23H19ClN2O5. The number of carbonyl (C=O) groups is 2. The van der Waals surface area contributed by atoms with E-state index in [1.54, 1.807) is 66.7 Å². The average molecular weight is 439 g/mol. The van der Waals surface area contributed by atoms with Crippen LogP contribution in [0.3, 0.4) is 0 Å². The smallest absolute Gasteiger partial charge is 0.343 e. The second-order valence-electron chi connectivity index (χ2n) is 6.24. The van der Waals surface area contributed by atoms with Crippen molar-refractivity contribution in [3.8, 4) is 17.2 Å². The van der Waals surface area contributed by atoms with Gasteiger partial charge in [0.1, 0.15) is 5.75 Å². The van der Waals surface area contributed by atoms with Crippen LogP contribution in [-0.2, 0) is 0 Å². The molecule has 0 spiro atoms. The van der Waals surface area contributed by atoms with Crippen LogP contribution < -0.4 is 19.6 Å². The number of halogens is 1. The fourth-order valence-corrected chi connectivity index (χ4v) is 2.74. The summed E-state index contributed by atoms with van der Waals surface area (Å²) in [4.78, 5) is 24.5. The van der Waals surface area contributed by atoms with E-state index in [0.29, 0.717) is 39.0 Å². The van der Waals surface area contributed by atoms with E-state index in [4.69, 9.17) is 25.8 Å². The number of methoxy groups -OCH3 is 2. The molecule has 7 nitrogen and oxygen atoms in total. The molecule has 158 valence electrons. The summed E-state index contributed by atoms with van der Waals surface area (Å²) in [5.74, 6) is 0.381. The van der Waals surface area contributed by atoms with E-state index in [0.717, 1.165) is 0 Å². The van der Waals surface area contributed by atoms with E-state index >= 15 is 0 Å². The maximum Gasteiger partial charge on any atom is 0.343 e. The zero-order chi connectivity index (χ0) is 22.2. The first-order chi connectivity index (χ1) is 15.0. The molecule has 31 heavy (non-hydrogen) atoms. The van der Waals surface area contributed by atoms with Crippen LogP contribution in [0.25, 0.3) is 0 Å². The van der Waals surface area contributed by atoms with Crippen molar-refractivity contribution in [2.45, 2.75) is 0 Å². The number of esters is 1. The van der Waals surface area contributed by atoms with Gasteiger partial charge in [0.25, 0.3) is 5.91 Å². The number of benzene rings is 3. The van der Waals surface area contributed by atoms with E-state index in [-0.39, 0.29) is 0 Å². The first kappa shape index (κ1) is 21.9. The Labute approximate surface area is 184 Å². The number of nitrogens with one attached hydrogen (secondary N) is 1. The van der Waals surface area contributed by atoms with Crippen molar-refractivity contribution in [1.82, 2.24) is 5.43 Å². The minimum absolute atomic E-state index is 0.343. The van der Waals surface area contributed by atoms with Crippen molar-refractivity contribution in [3.63, 3.8) is 0 Å². The fourth-order valence-electron chi connectivity index (χ4n) is 2.62. The van der Waals surface area contributed by atoms with E-state index in [2.05, 4.69) is 10.5 Å². The quantitative estimate of drug-likeness (QED) is 0.256. The summed E-state index contributed by atoms with van der Waals surface area (Å²) < 4.78 is 15.7. The molecule has 8 heteroatoms. The Morgan fingerprint density at radius 1 is 0.903 bits per heavy atom. The highest BCUT2D eigenvalue weighted by Gasteiger charge is 2.10. The molecule has 0 aliphatic carbocycles.